The number of nitrogens with zero attached hydrogens (tertiary/aromatic N) is 2. The fourth-order valence-electron chi connectivity index (χ4n) is 2.57. The SMILES string of the molecule is CCc1ccc(OCc2nc(SCC(=O)Nc3cc(C)c(C)cc3Br)n[nH]2)cc1. The molecule has 29 heavy (non-hydrogen) atoms. The fourth-order valence-corrected chi connectivity index (χ4v) is 3.75. The van der Waals surface area contributed by atoms with Crippen LogP contribution in [-0.4, -0.2) is 26.8 Å². The number of benzene rings is 2. The first-order chi connectivity index (χ1) is 13.9. The third kappa shape index (κ3) is 6.08. The van der Waals surface area contributed by atoms with Crippen molar-refractivity contribution < 1.29 is 9.53 Å². The summed E-state index contributed by atoms with van der Waals surface area (Å²) >= 11 is 4.76. The number of nitrogens with one attached hydrogen (secondary N) is 2. The van der Waals surface area contributed by atoms with Crippen molar-refractivity contribution in [3.8, 4) is 5.75 Å². The monoisotopic (exact) mass is 474 g/mol. The summed E-state index contributed by atoms with van der Waals surface area (Å²) in [5.74, 6) is 1.50. The van der Waals surface area contributed by atoms with Crippen molar-refractivity contribution in [1.82, 2.24) is 15.2 Å². The van der Waals surface area contributed by atoms with E-state index in [2.05, 4.69) is 43.4 Å². The van der Waals surface area contributed by atoms with E-state index in [1.807, 2.05) is 50.2 Å². The van der Waals surface area contributed by atoms with Crippen LogP contribution in [0.3, 0.4) is 0 Å². The molecule has 1 aromatic heterocycles. The highest BCUT2D eigenvalue weighted by molar-refractivity contribution is 9.10. The molecule has 6 nitrogen and oxygen atoms in total. The van der Waals surface area contributed by atoms with Gasteiger partial charge >= 0.3 is 0 Å². The molecule has 0 saturated heterocycles. The Hall–Kier alpha value is -2.32. The van der Waals surface area contributed by atoms with E-state index in [0.717, 1.165) is 27.9 Å². The number of carbonyl (C=O) groups is 1. The van der Waals surface area contributed by atoms with Crippen LogP contribution in [-0.2, 0) is 17.8 Å². The van der Waals surface area contributed by atoms with Crippen LogP contribution >= 0.6 is 27.7 Å². The van der Waals surface area contributed by atoms with E-state index in [1.165, 1.54) is 22.9 Å². The minimum atomic E-state index is -0.113. The molecule has 1 amide bonds. The quantitative estimate of drug-likeness (QED) is 0.446. The molecule has 2 aromatic carbocycles. The first kappa shape index (κ1) is 21.4. The predicted octanol–water partition coefficient (Wildman–Crippen LogP) is 5.06. The molecular formula is C21H23BrN4O2S. The van der Waals surface area contributed by atoms with Gasteiger partial charge in [0.25, 0.3) is 0 Å². The van der Waals surface area contributed by atoms with Crippen LogP contribution in [0.5, 0.6) is 5.75 Å². The molecule has 0 bridgehead atoms. The van der Waals surface area contributed by atoms with Crippen LogP contribution < -0.4 is 10.1 Å². The summed E-state index contributed by atoms with van der Waals surface area (Å²) in [7, 11) is 0. The molecule has 8 heteroatoms. The van der Waals surface area contributed by atoms with Crippen LogP contribution in [0, 0.1) is 13.8 Å². The van der Waals surface area contributed by atoms with Crippen molar-refractivity contribution in [1.29, 1.82) is 0 Å². The Bertz CT molecular complexity index is 989. The summed E-state index contributed by atoms with van der Waals surface area (Å²) in [4.78, 5) is 16.6. The lowest BCUT2D eigenvalue weighted by Gasteiger charge is -2.09. The Morgan fingerprint density at radius 1 is 1.21 bits per heavy atom. The van der Waals surface area contributed by atoms with Gasteiger partial charge in [-0.05, 0) is 77.2 Å². The van der Waals surface area contributed by atoms with Crippen LogP contribution in [0.4, 0.5) is 5.69 Å². The van der Waals surface area contributed by atoms with Gasteiger partial charge in [0.1, 0.15) is 12.4 Å². The van der Waals surface area contributed by atoms with Gasteiger partial charge < -0.3 is 10.1 Å². The fraction of sp³-hybridized carbons (Fsp3) is 0.286. The van der Waals surface area contributed by atoms with E-state index in [-0.39, 0.29) is 11.7 Å². The van der Waals surface area contributed by atoms with Gasteiger partial charge in [-0.1, -0.05) is 30.8 Å². The van der Waals surface area contributed by atoms with Gasteiger partial charge in [-0.3, -0.25) is 9.89 Å². The normalized spacial score (nSPS) is 10.8. The smallest absolute Gasteiger partial charge is 0.234 e. The second-order valence-electron chi connectivity index (χ2n) is 6.60. The number of aryl methyl sites for hydroxylation is 3. The molecular weight excluding hydrogens is 452 g/mol. The van der Waals surface area contributed by atoms with Crippen LogP contribution in [0.2, 0.25) is 0 Å². The summed E-state index contributed by atoms with van der Waals surface area (Å²) in [5, 5.41) is 10.4. The number of aromatic nitrogens is 3. The highest BCUT2D eigenvalue weighted by atomic mass is 79.9. The highest BCUT2D eigenvalue weighted by Crippen LogP contribution is 2.26. The first-order valence-electron chi connectivity index (χ1n) is 9.27. The summed E-state index contributed by atoms with van der Waals surface area (Å²) < 4.78 is 6.58. The molecule has 152 valence electrons. The standard InChI is InChI=1S/C21H23BrN4O2S/c1-4-15-5-7-16(8-6-15)28-11-19-24-21(26-25-19)29-12-20(27)23-18-10-14(3)13(2)9-17(18)22/h5-10H,4,11-12H2,1-3H3,(H,23,27)(H,24,25,26). The van der Waals surface area contributed by atoms with Gasteiger partial charge in [-0.2, -0.15) is 0 Å². The molecule has 0 fully saturated rings. The summed E-state index contributed by atoms with van der Waals surface area (Å²) in [6, 6.07) is 11.9. The van der Waals surface area contributed by atoms with Gasteiger partial charge in [0.15, 0.2) is 5.82 Å². The maximum Gasteiger partial charge on any atom is 0.234 e. The zero-order chi connectivity index (χ0) is 20.8. The van der Waals surface area contributed by atoms with Gasteiger partial charge in [0.2, 0.25) is 11.1 Å². The van der Waals surface area contributed by atoms with E-state index in [4.69, 9.17) is 4.74 Å². The lowest BCUT2D eigenvalue weighted by molar-refractivity contribution is -0.113. The number of carbonyl (C=O) groups excluding carboxylic acids is 1. The van der Waals surface area contributed by atoms with Crippen molar-refractivity contribution in [2.45, 2.75) is 39.0 Å². The number of thioether (sulfide) groups is 1. The zero-order valence-corrected chi connectivity index (χ0v) is 19.0. The van der Waals surface area contributed by atoms with Gasteiger partial charge in [-0.25, -0.2) is 4.98 Å². The summed E-state index contributed by atoms with van der Waals surface area (Å²) in [5.41, 5.74) is 4.32. The molecule has 0 atom stereocenters. The van der Waals surface area contributed by atoms with Crippen molar-refractivity contribution in [2.24, 2.45) is 0 Å². The van der Waals surface area contributed by atoms with Gasteiger partial charge in [0, 0.05) is 4.47 Å². The number of ether oxygens (including phenoxy) is 1. The minimum Gasteiger partial charge on any atom is -0.486 e. The Labute approximate surface area is 183 Å². The third-order valence-electron chi connectivity index (χ3n) is 4.41. The summed E-state index contributed by atoms with van der Waals surface area (Å²) in [6.07, 6.45) is 0.997. The number of hydrogen-bond donors (Lipinski definition) is 2. The predicted molar refractivity (Wildman–Crippen MR) is 120 cm³/mol. The molecule has 0 aliphatic carbocycles. The molecule has 1 heterocycles. The topological polar surface area (TPSA) is 79.9 Å². The van der Waals surface area contributed by atoms with Crippen LogP contribution in [0.25, 0.3) is 0 Å². The Kier molecular flexibility index (Phi) is 7.33. The lowest BCUT2D eigenvalue weighted by Crippen LogP contribution is -2.14. The van der Waals surface area contributed by atoms with Crippen LogP contribution in [0.1, 0.15) is 29.4 Å². The van der Waals surface area contributed by atoms with Crippen molar-refractivity contribution in [3.63, 3.8) is 0 Å². The minimum absolute atomic E-state index is 0.113. The molecule has 0 radical (unpaired) electrons. The van der Waals surface area contributed by atoms with Crippen LogP contribution in [0.15, 0.2) is 46.0 Å². The molecule has 0 aliphatic heterocycles. The van der Waals surface area contributed by atoms with E-state index < -0.39 is 0 Å². The van der Waals surface area contributed by atoms with E-state index in [9.17, 15) is 4.79 Å². The summed E-state index contributed by atoms with van der Waals surface area (Å²) in [6.45, 7) is 6.46. The average molecular weight is 475 g/mol. The number of hydrogen-bond acceptors (Lipinski definition) is 5. The molecule has 3 aromatic rings. The maximum atomic E-state index is 12.3. The molecule has 3 rings (SSSR count). The molecule has 0 spiro atoms. The average Bonchev–Trinajstić information content (AvgIpc) is 3.17. The number of amides is 1. The first-order valence-corrected chi connectivity index (χ1v) is 11.0. The largest absolute Gasteiger partial charge is 0.486 e. The van der Waals surface area contributed by atoms with E-state index >= 15 is 0 Å². The van der Waals surface area contributed by atoms with Gasteiger partial charge in [0.05, 0.1) is 11.4 Å². The van der Waals surface area contributed by atoms with Crippen molar-refractivity contribution in [3.05, 3.63) is 63.4 Å². The van der Waals surface area contributed by atoms with E-state index in [0.29, 0.717) is 17.6 Å². The number of anilines is 1. The number of halogens is 1. The Balaban J connectivity index is 1.48. The second-order valence-corrected chi connectivity index (χ2v) is 8.40. The lowest BCUT2D eigenvalue weighted by atomic mass is 10.1. The Morgan fingerprint density at radius 3 is 2.66 bits per heavy atom. The maximum absolute atomic E-state index is 12.3. The zero-order valence-electron chi connectivity index (χ0n) is 16.6. The Morgan fingerprint density at radius 2 is 1.93 bits per heavy atom. The highest BCUT2D eigenvalue weighted by Gasteiger charge is 2.11. The number of aromatic amines is 1. The molecule has 2 N–H and O–H groups in total. The number of rotatable bonds is 8. The molecule has 0 saturated carbocycles. The molecule has 0 unspecified atom stereocenters. The number of H-pyrrole nitrogens is 1. The van der Waals surface area contributed by atoms with Gasteiger partial charge in [-0.15, -0.1) is 5.10 Å². The molecule has 0 aliphatic rings. The second kappa shape index (κ2) is 9.93. The third-order valence-corrected chi connectivity index (χ3v) is 5.91. The van der Waals surface area contributed by atoms with E-state index in [1.54, 1.807) is 0 Å². The van der Waals surface area contributed by atoms with Crippen molar-refractivity contribution >= 4 is 39.3 Å². The van der Waals surface area contributed by atoms with Crippen molar-refractivity contribution in [2.75, 3.05) is 11.1 Å².